The van der Waals surface area contributed by atoms with Crippen molar-refractivity contribution in [2.45, 2.75) is 25.0 Å². The van der Waals surface area contributed by atoms with Gasteiger partial charge in [-0.2, -0.15) is 0 Å². The van der Waals surface area contributed by atoms with Crippen molar-refractivity contribution in [2.24, 2.45) is 0 Å². The first kappa shape index (κ1) is 15.4. The van der Waals surface area contributed by atoms with E-state index in [-0.39, 0.29) is 16.8 Å². The quantitative estimate of drug-likeness (QED) is 0.636. The van der Waals surface area contributed by atoms with Crippen molar-refractivity contribution in [1.82, 2.24) is 0 Å². The van der Waals surface area contributed by atoms with E-state index < -0.39 is 15.7 Å². The van der Waals surface area contributed by atoms with Crippen molar-refractivity contribution in [3.05, 3.63) is 27.8 Å². The normalized spacial score (nSPS) is 16.6. The van der Waals surface area contributed by atoms with Crippen LogP contribution in [0.1, 0.15) is 18.9 Å². The minimum absolute atomic E-state index is 0.0926. The van der Waals surface area contributed by atoms with E-state index in [0.717, 1.165) is 5.56 Å². The molecule has 0 spiro atoms. The van der Waals surface area contributed by atoms with E-state index in [2.05, 4.69) is 10.6 Å². The Hall–Kier alpha value is -1.96. The predicted molar refractivity (Wildman–Crippen MR) is 82.1 cm³/mol. The lowest BCUT2D eigenvalue weighted by molar-refractivity contribution is -0.383. The van der Waals surface area contributed by atoms with Crippen LogP contribution in [0.25, 0.3) is 0 Å². The topological polar surface area (TPSA) is 101 Å². The molecule has 8 heteroatoms. The molecular weight excluding hydrogens is 294 g/mol. The highest BCUT2D eigenvalue weighted by Gasteiger charge is 2.22. The van der Waals surface area contributed by atoms with Gasteiger partial charge < -0.3 is 10.6 Å². The zero-order chi connectivity index (χ0) is 15.6. The van der Waals surface area contributed by atoms with Crippen LogP contribution >= 0.6 is 0 Å². The number of carbonyl (C=O) groups is 1. The van der Waals surface area contributed by atoms with Gasteiger partial charge in [0, 0.05) is 41.3 Å². The molecule has 2 N–H and O–H groups in total. The van der Waals surface area contributed by atoms with Crippen molar-refractivity contribution in [3.8, 4) is 0 Å². The summed E-state index contributed by atoms with van der Waals surface area (Å²) in [7, 11) is -0.997. The van der Waals surface area contributed by atoms with Crippen LogP contribution in [0, 0.1) is 10.1 Å². The molecule has 1 aromatic rings. The Bertz CT molecular complexity index is 618. The number of anilines is 2. The molecular formula is C13H17N3O4S. The van der Waals surface area contributed by atoms with E-state index in [9.17, 15) is 19.1 Å². The van der Waals surface area contributed by atoms with Crippen molar-refractivity contribution < 1.29 is 13.9 Å². The second kappa shape index (κ2) is 6.21. The summed E-state index contributed by atoms with van der Waals surface area (Å²) in [6.45, 7) is 2.20. The Morgan fingerprint density at radius 2 is 2.19 bits per heavy atom. The summed E-state index contributed by atoms with van der Waals surface area (Å²) in [4.78, 5) is 22.0. The lowest BCUT2D eigenvalue weighted by Crippen LogP contribution is -2.22. The molecule has 0 aromatic heterocycles. The maximum atomic E-state index is 11.4. The van der Waals surface area contributed by atoms with E-state index in [4.69, 9.17) is 0 Å². The first-order valence-electron chi connectivity index (χ1n) is 6.55. The molecule has 0 saturated carbocycles. The van der Waals surface area contributed by atoms with Gasteiger partial charge in [0.25, 0.3) is 5.69 Å². The second-order valence-corrected chi connectivity index (χ2v) is 6.82. The average molecular weight is 311 g/mol. The van der Waals surface area contributed by atoms with Crippen LogP contribution in [0.15, 0.2) is 12.1 Å². The van der Waals surface area contributed by atoms with Gasteiger partial charge in [0.2, 0.25) is 5.91 Å². The molecule has 1 aromatic carbocycles. The highest BCUT2D eigenvalue weighted by atomic mass is 32.2. The van der Waals surface area contributed by atoms with Crippen molar-refractivity contribution >= 4 is 33.8 Å². The SMILES string of the molecule is CC(CNc1cc2c(cc1[N+](=O)[O-])NC(=O)CC2)S(C)=O. The first-order valence-corrected chi connectivity index (χ1v) is 8.18. The van der Waals surface area contributed by atoms with E-state index >= 15 is 0 Å². The summed E-state index contributed by atoms with van der Waals surface area (Å²) in [6, 6.07) is 3.07. The number of hydrogen-bond acceptors (Lipinski definition) is 5. The zero-order valence-electron chi connectivity index (χ0n) is 11.8. The Morgan fingerprint density at radius 3 is 2.81 bits per heavy atom. The fourth-order valence-corrected chi connectivity index (χ4v) is 2.40. The molecule has 1 amide bonds. The minimum atomic E-state index is -0.997. The van der Waals surface area contributed by atoms with Gasteiger partial charge in [-0.3, -0.25) is 19.1 Å². The van der Waals surface area contributed by atoms with Gasteiger partial charge in [-0.05, 0) is 25.0 Å². The van der Waals surface area contributed by atoms with E-state index in [0.29, 0.717) is 30.8 Å². The number of hydrogen-bond donors (Lipinski definition) is 2. The molecule has 0 radical (unpaired) electrons. The molecule has 0 bridgehead atoms. The number of rotatable bonds is 5. The third kappa shape index (κ3) is 3.57. The van der Waals surface area contributed by atoms with Crippen LogP contribution in [0.4, 0.5) is 17.1 Å². The Kier molecular flexibility index (Phi) is 4.56. The van der Waals surface area contributed by atoms with Gasteiger partial charge in [-0.1, -0.05) is 0 Å². The summed E-state index contributed by atoms with van der Waals surface area (Å²) < 4.78 is 11.3. The molecule has 1 aliphatic rings. The van der Waals surface area contributed by atoms with Crippen molar-refractivity contribution in [2.75, 3.05) is 23.4 Å². The zero-order valence-corrected chi connectivity index (χ0v) is 12.7. The molecule has 21 heavy (non-hydrogen) atoms. The highest BCUT2D eigenvalue weighted by molar-refractivity contribution is 7.84. The molecule has 0 saturated heterocycles. The van der Waals surface area contributed by atoms with Gasteiger partial charge in [-0.25, -0.2) is 0 Å². The number of carbonyl (C=O) groups excluding carboxylic acids is 1. The lowest BCUT2D eigenvalue weighted by Gasteiger charge is -2.19. The third-order valence-electron chi connectivity index (χ3n) is 3.46. The maximum Gasteiger partial charge on any atom is 0.294 e. The maximum absolute atomic E-state index is 11.4. The molecule has 2 atom stereocenters. The summed E-state index contributed by atoms with van der Waals surface area (Å²) in [6.07, 6.45) is 2.53. The van der Waals surface area contributed by atoms with Gasteiger partial charge in [0.1, 0.15) is 5.69 Å². The molecule has 2 rings (SSSR count). The molecule has 2 unspecified atom stereocenters. The molecule has 1 aliphatic heterocycles. The Labute approximate surface area is 124 Å². The van der Waals surface area contributed by atoms with E-state index in [1.807, 2.05) is 6.92 Å². The number of amides is 1. The molecule has 114 valence electrons. The molecule has 0 aliphatic carbocycles. The monoisotopic (exact) mass is 311 g/mol. The van der Waals surface area contributed by atoms with Gasteiger partial charge in [0.15, 0.2) is 0 Å². The van der Waals surface area contributed by atoms with E-state index in [1.165, 1.54) is 6.07 Å². The summed E-state index contributed by atoms with van der Waals surface area (Å²) >= 11 is 0. The largest absolute Gasteiger partial charge is 0.378 e. The van der Waals surface area contributed by atoms with Crippen molar-refractivity contribution in [1.29, 1.82) is 0 Å². The smallest absolute Gasteiger partial charge is 0.294 e. The molecule has 0 fully saturated rings. The number of nitro groups is 1. The third-order valence-corrected chi connectivity index (χ3v) is 4.76. The van der Waals surface area contributed by atoms with Crippen LogP contribution in [0.5, 0.6) is 0 Å². The van der Waals surface area contributed by atoms with Crippen molar-refractivity contribution in [3.63, 3.8) is 0 Å². The second-order valence-electron chi connectivity index (χ2n) is 5.02. The Balaban J connectivity index is 2.29. The van der Waals surface area contributed by atoms with E-state index in [1.54, 1.807) is 12.3 Å². The lowest BCUT2D eigenvalue weighted by atomic mass is 10.0. The fourth-order valence-electron chi connectivity index (χ4n) is 2.08. The molecule has 7 nitrogen and oxygen atoms in total. The summed E-state index contributed by atoms with van der Waals surface area (Å²) in [5, 5.41) is 16.7. The number of aryl methyl sites for hydroxylation is 1. The minimum Gasteiger partial charge on any atom is -0.378 e. The fraction of sp³-hybridized carbons (Fsp3) is 0.462. The number of nitro benzene ring substituents is 1. The van der Waals surface area contributed by atoms with Crippen LogP contribution in [0.2, 0.25) is 0 Å². The number of nitrogens with one attached hydrogen (secondary N) is 2. The van der Waals surface area contributed by atoms with Crippen LogP contribution < -0.4 is 10.6 Å². The van der Waals surface area contributed by atoms with Crippen LogP contribution in [0.3, 0.4) is 0 Å². The molecule has 1 heterocycles. The number of nitrogens with zero attached hydrogens (tertiary/aromatic N) is 1. The first-order chi connectivity index (χ1) is 9.88. The van der Waals surface area contributed by atoms with Crippen LogP contribution in [-0.2, 0) is 22.0 Å². The van der Waals surface area contributed by atoms with Gasteiger partial charge >= 0.3 is 0 Å². The highest BCUT2D eigenvalue weighted by Crippen LogP contribution is 2.34. The summed E-state index contributed by atoms with van der Waals surface area (Å²) in [5.41, 5.74) is 1.67. The van der Waals surface area contributed by atoms with Gasteiger partial charge in [0.05, 0.1) is 10.6 Å². The Morgan fingerprint density at radius 1 is 1.48 bits per heavy atom. The van der Waals surface area contributed by atoms with Gasteiger partial charge in [-0.15, -0.1) is 0 Å². The number of benzene rings is 1. The average Bonchev–Trinajstić information content (AvgIpc) is 2.43. The predicted octanol–water partition coefficient (Wildman–Crippen LogP) is 1.66. The van der Waals surface area contributed by atoms with Crippen LogP contribution in [-0.4, -0.2) is 33.1 Å². The standard InChI is InChI=1S/C13H17N3O4S/c1-8(21(2)20)7-14-11-5-9-3-4-13(17)15-10(9)6-12(11)16(18)19/h5-6,8,14H,3-4,7H2,1-2H3,(H,15,17). The number of fused-ring (bicyclic) bond motifs is 1. The summed E-state index contributed by atoms with van der Waals surface area (Å²) in [5.74, 6) is -0.132.